The number of nitro benzene ring substituents is 1. The van der Waals surface area contributed by atoms with Gasteiger partial charge in [-0.1, -0.05) is 13.3 Å². The maximum atomic E-state index is 11.0. The van der Waals surface area contributed by atoms with E-state index < -0.39 is 0 Å². The number of anilines is 1. The van der Waals surface area contributed by atoms with Crippen LogP contribution in [0.5, 0.6) is 0 Å². The molecule has 0 bridgehead atoms. The molecule has 1 aliphatic rings. The lowest BCUT2D eigenvalue weighted by atomic mass is 10.0. The summed E-state index contributed by atoms with van der Waals surface area (Å²) in [6.45, 7) is 8.10. The van der Waals surface area contributed by atoms with Gasteiger partial charge in [0.2, 0.25) is 0 Å². The SMILES string of the molecule is CCCC1CCN(Cc2cc([N+](=O)[O-])ccc2NCC)C1. The standard InChI is InChI=1S/C16H25N3O2/c1-3-5-13-8-9-18(11-13)12-14-10-15(19(20)21)6-7-16(14)17-4-2/h6-7,10,13,17H,3-5,8-9,11-12H2,1-2H3. The zero-order chi connectivity index (χ0) is 15.2. The topological polar surface area (TPSA) is 58.4 Å². The van der Waals surface area contributed by atoms with Crippen molar-refractivity contribution in [2.75, 3.05) is 25.0 Å². The van der Waals surface area contributed by atoms with Gasteiger partial charge in [0.25, 0.3) is 5.69 Å². The normalized spacial score (nSPS) is 18.9. The van der Waals surface area contributed by atoms with Crippen molar-refractivity contribution in [2.45, 2.75) is 39.7 Å². The predicted octanol–water partition coefficient (Wildman–Crippen LogP) is 3.65. The van der Waals surface area contributed by atoms with Gasteiger partial charge in [-0.05, 0) is 43.9 Å². The Balaban J connectivity index is 2.10. The first-order valence-corrected chi connectivity index (χ1v) is 7.87. The van der Waals surface area contributed by atoms with Crippen LogP contribution in [-0.2, 0) is 6.54 Å². The molecule has 1 N–H and O–H groups in total. The van der Waals surface area contributed by atoms with Gasteiger partial charge in [0.1, 0.15) is 0 Å². The second-order valence-corrected chi connectivity index (χ2v) is 5.81. The number of non-ortho nitro benzene ring substituents is 1. The molecule has 1 aromatic rings. The molecule has 0 radical (unpaired) electrons. The Bertz CT molecular complexity index is 490. The fourth-order valence-electron chi connectivity index (χ4n) is 3.13. The third-order valence-corrected chi connectivity index (χ3v) is 4.13. The van der Waals surface area contributed by atoms with Crippen LogP contribution in [-0.4, -0.2) is 29.5 Å². The molecule has 21 heavy (non-hydrogen) atoms. The number of likely N-dealkylation sites (tertiary alicyclic amines) is 1. The Morgan fingerprint density at radius 3 is 2.90 bits per heavy atom. The van der Waals surface area contributed by atoms with Crippen LogP contribution in [0, 0.1) is 16.0 Å². The highest BCUT2D eigenvalue weighted by Gasteiger charge is 2.23. The minimum Gasteiger partial charge on any atom is -0.385 e. The van der Waals surface area contributed by atoms with Crippen molar-refractivity contribution in [3.63, 3.8) is 0 Å². The van der Waals surface area contributed by atoms with Crippen LogP contribution in [0.1, 0.15) is 38.7 Å². The maximum Gasteiger partial charge on any atom is 0.269 e. The molecular formula is C16H25N3O2. The van der Waals surface area contributed by atoms with Crippen molar-refractivity contribution >= 4 is 11.4 Å². The monoisotopic (exact) mass is 291 g/mol. The Hall–Kier alpha value is -1.62. The number of hydrogen-bond donors (Lipinski definition) is 1. The third-order valence-electron chi connectivity index (χ3n) is 4.13. The van der Waals surface area contributed by atoms with E-state index in [1.165, 1.54) is 19.3 Å². The van der Waals surface area contributed by atoms with Crippen LogP contribution < -0.4 is 5.32 Å². The van der Waals surface area contributed by atoms with E-state index in [9.17, 15) is 10.1 Å². The van der Waals surface area contributed by atoms with Gasteiger partial charge >= 0.3 is 0 Å². The maximum absolute atomic E-state index is 11.0. The highest BCUT2D eigenvalue weighted by molar-refractivity contribution is 5.56. The fraction of sp³-hybridized carbons (Fsp3) is 0.625. The number of hydrogen-bond acceptors (Lipinski definition) is 4. The van der Waals surface area contributed by atoms with E-state index in [1.54, 1.807) is 12.1 Å². The summed E-state index contributed by atoms with van der Waals surface area (Å²) in [5, 5.41) is 14.3. The number of rotatable bonds is 7. The van der Waals surface area contributed by atoms with Crippen LogP contribution in [0.3, 0.4) is 0 Å². The molecule has 2 rings (SSSR count). The van der Waals surface area contributed by atoms with Crippen LogP contribution in [0.25, 0.3) is 0 Å². The Morgan fingerprint density at radius 2 is 2.24 bits per heavy atom. The van der Waals surface area contributed by atoms with E-state index in [2.05, 4.69) is 17.1 Å². The highest BCUT2D eigenvalue weighted by atomic mass is 16.6. The summed E-state index contributed by atoms with van der Waals surface area (Å²) in [6, 6.07) is 5.12. The van der Waals surface area contributed by atoms with E-state index in [4.69, 9.17) is 0 Å². The molecule has 1 saturated heterocycles. The van der Waals surface area contributed by atoms with Crippen molar-refractivity contribution in [2.24, 2.45) is 5.92 Å². The molecule has 0 aromatic heterocycles. The summed E-state index contributed by atoms with van der Waals surface area (Å²) < 4.78 is 0. The van der Waals surface area contributed by atoms with Crippen LogP contribution in [0.15, 0.2) is 18.2 Å². The fourth-order valence-corrected chi connectivity index (χ4v) is 3.13. The van der Waals surface area contributed by atoms with Crippen molar-refractivity contribution in [3.05, 3.63) is 33.9 Å². The molecule has 116 valence electrons. The van der Waals surface area contributed by atoms with E-state index in [-0.39, 0.29) is 10.6 Å². The lowest BCUT2D eigenvalue weighted by molar-refractivity contribution is -0.384. The molecule has 0 amide bonds. The average molecular weight is 291 g/mol. The third kappa shape index (κ3) is 4.17. The molecule has 5 nitrogen and oxygen atoms in total. The molecule has 1 fully saturated rings. The van der Waals surface area contributed by atoms with Crippen molar-refractivity contribution < 1.29 is 4.92 Å². The van der Waals surface area contributed by atoms with Gasteiger partial charge in [-0.2, -0.15) is 0 Å². The van der Waals surface area contributed by atoms with Crippen molar-refractivity contribution in [3.8, 4) is 0 Å². The number of nitro groups is 1. The van der Waals surface area contributed by atoms with Gasteiger partial charge in [0.05, 0.1) is 4.92 Å². The smallest absolute Gasteiger partial charge is 0.269 e. The molecule has 1 atom stereocenters. The molecule has 1 aliphatic heterocycles. The zero-order valence-electron chi connectivity index (χ0n) is 13.0. The van der Waals surface area contributed by atoms with E-state index in [0.29, 0.717) is 0 Å². The summed E-state index contributed by atoms with van der Waals surface area (Å²) >= 11 is 0. The highest BCUT2D eigenvalue weighted by Crippen LogP contribution is 2.27. The number of benzene rings is 1. The van der Waals surface area contributed by atoms with Gasteiger partial charge in [0.15, 0.2) is 0 Å². The number of nitrogens with zero attached hydrogens (tertiary/aromatic N) is 2. The summed E-state index contributed by atoms with van der Waals surface area (Å²) in [5.74, 6) is 0.788. The molecule has 5 heteroatoms. The van der Waals surface area contributed by atoms with Crippen molar-refractivity contribution in [1.29, 1.82) is 0 Å². The predicted molar refractivity (Wildman–Crippen MR) is 85.6 cm³/mol. The molecule has 1 unspecified atom stereocenters. The minimum absolute atomic E-state index is 0.177. The molecule has 0 spiro atoms. The Kier molecular flexibility index (Phi) is 5.56. The summed E-state index contributed by atoms with van der Waals surface area (Å²) in [5.41, 5.74) is 2.22. The van der Waals surface area contributed by atoms with Crippen LogP contribution in [0.4, 0.5) is 11.4 Å². The second-order valence-electron chi connectivity index (χ2n) is 5.81. The zero-order valence-corrected chi connectivity index (χ0v) is 13.0. The van der Waals surface area contributed by atoms with Gasteiger partial charge in [-0.15, -0.1) is 0 Å². The summed E-state index contributed by atoms with van der Waals surface area (Å²) in [7, 11) is 0. The summed E-state index contributed by atoms with van der Waals surface area (Å²) in [6.07, 6.45) is 3.77. The van der Waals surface area contributed by atoms with E-state index in [1.807, 2.05) is 13.0 Å². The van der Waals surface area contributed by atoms with Crippen molar-refractivity contribution in [1.82, 2.24) is 4.90 Å². The molecule has 1 aromatic carbocycles. The van der Waals surface area contributed by atoms with Gasteiger partial charge in [0, 0.05) is 37.5 Å². The summed E-state index contributed by atoms with van der Waals surface area (Å²) in [4.78, 5) is 13.1. The Morgan fingerprint density at radius 1 is 1.43 bits per heavy atom. The quantitative estimate of drug-likeness (QED) is 0.615. The largest absolute Gasteiger partial charge is 0.385 e. The molecule has 1 heterocycles. The van der Waals surface area contributed by atoms with Gasteiger partial charge in [-0.3, -0.25) is 15.0 Å². The van der Waals surface area contributed by atoms with Gasteiger partial charge in [-0.25, -0.2) is 0 Å². The first-order chi connectivity index (χ1) is 10.1. The average Bonchev–Trinajstić information content (AvgIpc) is 2.88. The van der Waals surface area contributed by atoms with Gasteiger partial charge < -0.3 is 5.32 Å². The lowest BCUT2D eigenvalue weighted by Crippen LogP contribution is -2.21. The first kappa shape index (κ1) is 15.8. The molecule has 0 saturated carbocycles. The minimum atomic E-state index is -0.316. The van der Waals surface area contributed by atoms with Crippen LogP contribution in [0.2, 0.25) is 0 Å². The lowest BCUT2D eigenvalue weighted by Gasteiger charge is -2.18. The molecular weight excluding hydrogens is 266 g/mol. The Labute approximate surface area is 126 Å². The molecule has 0 aliphatic carbocycles. The number of nitrogens with one attached hydrogen (secondary N) is 1. The first-order valence-electron chi connectivity index (χ1n) is 7.87. The second kappa shape index (κ2) is 7.41. The van der Waals surface area contributed by atoms with E-state index in [0.717, 1.165) is 43.3 Å². The van der Waals surface area contributed by atoms with Crippen LogP contribution >= 0.6 is 0 Å². The van der Waals surface area contributed by atoms with E-state index >= 15 is 0 Å².